The molecular weight excluding hydrogens is 400 g/mol. The summed E-state index contributed by atoms with van der Waals surface area (Å²) in [7, 11) is 0. The number of aromatic nitrogens is 4. The molecule has 0 spiro atoms. The lowest BCUT2D eigenvalue weighted by atomic mass is 10.1. The Morgan fingerprint density at radius 1 is 1.00 bits per heavy atom. The van der Waals surface area contributed by atoms with Crippen LogP contribution in [0.4, 0.5) is 11.4 Å². The van der Waals surface area contributed by atoms with Crippen molar-refractivity contribution < 1.29 is 0 Å². The minimum Gasteiger partial charge on any atom is -0.399 e. The molecule has 3 aromatic rings. The molecule has 3 rings (SSSR count). The third-order valence-electron chi connectivity index (χ3n) is 2.92. The molecule has 0 saturated heterocycles. The Hall–Kier alpha value is -1.93. The number of nitrogens with two attached hydrogens (primary N) is 2. The van der Waals surface area contributed by atoms with Gasteiger partial charge in [0.05, 0.1) is 5.69 Å². The van der Waals surface area contributed by atoms with Crippen molar-refractivity contribution in [2.24, 2.45) is 0 Å². The lowest BCUT2D eigenvalue weighted by Gasteiger charge is -2.09. The molecule has 0 fully saturated rings. The quantitative estimate of drug-likeness (QED) is 0.634. The van der Waals surface area contributed by atoms with Gasteiger partial charge in [-0.05, 0) is 62.8 Å². The molecule has 0 radical (unpaired) electrons. The monoisotopic (exact) mass is 408 g/mol. The first-order chi connectivity index (χ1) is 10.1. The fourth-order valence-corrected chi connectivity index (χ4v) is 3.17. The second kappa shape index (κ2) is 5.45. The van der Waals surface area contributed by atoms with Gasteiger partial charge in [0.2, 0.25) is 0 Å². The molecule has 0 amide bonds. The second-order valence-corrected chi connectivity index (χ2v) is 6.13. The van der Waals surface area contributed by atoms with Crippen LogP contribution < -0.4 is 11.5 Å². The van der Waals surface area contributed by atoms with Crippen LogP contribution >= 0.6 is 31.9 Å². The maximum absolute atomic E-state index is 6.01. The van der Waals surface area contributed by atoms with Crippen LogP contribution in [0.15, 0.2) is 45.3 Å². The molecule has 4 N–H and O–H groups in total. The average molecular weight is 410 g/mol. The summed E-state index contributed by atoms with van der Waals surface area (Å²) in [6.45, 7) is 0. The first kappa shape index (κ1) is 14.0. The van der Waals surface area contributed by atoms with E-state index in [-0.39, 0.29) is 0 Å². The van der Waals surface area contributed by atoms with Crippen LogP contribution in [-0.4, -0.2) is 20.2 Å². The second-order valence-electron chi connectivity index (χ2n) is 4.36. The average Bonchev–Trinajstić information content (AvgIpc) is 2.87. The molecule has 0 aliphatic heterocycles. The van der Waals surface area contributed by atoms with Gasteiger partial charge in [-0.2, -0.15) is 4.68 Å². The highest BCUT2D eigenvalue weighted by Crippen LogP contribution is 2.30. The van der Waals surface area contributed by atoms with Gasteiger partial charge in [0.25, 0.3) is 0 Å². The van der Waals surface area contributed by atoms with Crippen molar-refractivity contribution in [2.75, 3.05) is 11.5 Å². The highest BCUT2D eigenvalue weighted by molar-refractivity contribution is 9.11. The van der Waals surface area contributed by atoms with Crippen molar-refractivity contribution in [3.05, 3.63) is 45.3 Å². The fourth-order valence-electron chi connectivity index (χ4n) is 1.96. The number of halogens is 2. The van der Waals surface area contributed by atoms with Crippen LogP contribution in [-0.2, 0) is 0 Å². The van der Waals surface area contributed by atoms with E-state index in [0.29, 0.717) is 17.2 Å². The molecule has 0 atom stereocenters. The molecule has 8 heteroatoms. The van der Waals surface area contributed by atoms with Gasteiger partial charge in [-0.25, -0.2) is 0 Å². The zero-order chi connectivity index (χ0) is 15.0. The van der Waals surface area contributed by atoms with Gasteiger partial charge in [-0.15, -0.1) is 5.10 Å². The summed E-state index contributed by atoms with van der Waals surface area (Å²) in [4.78, 5) is 0. The first-order valence-electron chi connectivity index (χ1n) is 5.95. The van der Waals surface area contributed by atoms with Gasteiger partial charge >= 0.3 is 0 Å². The summed E-state index contributed by atoms with van der Waals surface area (Å²) in [6.07, 6.45) is 0. The molecule has 0 aliphatic rings. The molecule has 1 aromatic heterocycles. The van der Waals surface area contributed by atoms with Gasteiger partial charge in [0.15, 0.2) is 5.82 Å². The number of nitrogen functional groups attached to an aromatic ring is 2. The molecule has 0 aliphatic carbocycles. The van der Waals surface area contributed by atoms with Crippen LogP contribution in [0.25, 0.3) is 17.1 Å². The van der Waals surface area contributed by atoms with Gasteiger partial charge in [-0.1, -0.05) is 15.9 Å². The third kappa shape index (κ3) is 2.64. The van der Waals surface area contributed by atoms with Crippen LogP contribution in [0.2, 0.25) is 0 Å². The standard InChI is InChI=1S/C13H10Br2N6/c14-7-1-4-12(10(15)5-7)21-13(18-19-20-21)9-3-2-8(16)6-11(9)17/h1-6H,16-17H2. The van der Waals surface area contributed by atoms with Crippen LogP contribution in [0, 0.1) is 0 Å². The lowest BCUT2D eigenvalue weighted by molar-refractivity contribution is 0.789. The topological polar surface area (TPSA) is 95.6 Å². The molecule has 0 bridgehead atoms. The van der Waals surface area contributed by atoms with Crippen molar-refractivity contribution in [1.29, 1.82) is 0 Å². The Kier molecular flexibility index (Phi) is 3.64. The van der Waals surface area contributed by atoms with E-state index in [0.717, 1.165) is 20.2 Å². The fraction of sp³-hybridized carbons (Fsp3) is 0. The molecule has 0 unspecified atom stereocenters. The number of hydrogen-bond donors (Lipinski definition) is 2. The maximum atomic E-state index is 6.01. The summed E-state index contributed by atoms with van der Waals surface area (Å²) in [5.41, 5.74) is 14.4. The normalized spacial score (nSPS) is 10.8. The van der Waals surface area contributed by atoms with E-state index in [1.54, 1.807) is 22.9 Å². The largest absolute Gasteiger partial charge is 0.399 e. The number of benzene rings is 2. The SMILES string of the molecule is Nc1ccc(-c2nnnn2-c2ccc(Br)cc2Br)c(N)c1. The zero-order valence-corrected chi connectivity index (χ0v) is 13.8. The third-order valence-corrected chi connectivity index (χ3v) is 4.05. The lowest BCUT2D eigenvalue weighted by Crippen LogP contribution is -2.03. The Bertz CT molecular complexity index is 748. The van der Waals surface area contributed by atoms with Gasteiger partial charge in [-0.3, -0.25) is 0 Å². The molecule has 0 saturated carbocycles. The minimum atomic E-state index is 0.527. The van der Waals surface area contributed by atoms with E-state index in [1.165, 1.54) is 0 Å². The number of anilines is 2. The number of hydrogen-bond acceptors (Lipinski definition) is 5. The van der Waals surface area contributed by atoms with Crippen LogP contribution in [0.3, 0.4) is 0 Å². The Morgan fingerprint density at radius 2 is 1.81 bits per heavy atom. The van der Waals surface area contributed by atoms with Crippen molar-refractivity contribution in [1.82, 2.24) is 20.2 Å². The molecule has 106 valence electrons. The van der Waals surface area contributed by atoms with Crippen LogP contribution in [0.5, 0.6) is 0 Å². The van der Waals surface area contributed by atoms with Crippen molar-refractivity contribution in [3.63, 3.8) is 0 Å². The number of nitrogens with zero attached hydrogens (tertiary/aromatic N) is 4. The smallest absolute Gasteiger partial charge is 0.189 e. The first-order valence-corrected chi connectivity index (χ1v) is 7.54. The van der Waals surface area contributed by atoms with Crippen molar-refractivity contribution in [2.45, 2.75) is 0 Å². The van der Waals surface area contributed by atoms with E-state index in [1.807, 2.05) is 18.2 Å². The maximum Gasteiger partial charge on any atom is 0.189 e. The molecule has 1 heterocycles. The van der Waals surface area contributed by atoms with E-state index < -0.39 is 0 Å². The highest BCUT2D eigenvalue weighted by Gasteiger charge is 2.15. The summed E-state index contributed by atoms with van der Waals surface area (Å²) >= 11 is 6.93. The predicted molar refractivity (Wildman–Crippen MR) is 88.8 cm³/mol. The summed E-state index contributed by atoms with van der Waals surface area (Å²) in [5, 5.41) is 11.9. The Labute approximate surface area is 137 Å². The van der Waals surface area contributed by atoms with Crippen LogP contribution in [0.1, 0.15) is 0 Å². The van der Waals surface area contributed by atoms with Gasteiger partial charge in [0, 0.05) is 25.9 Å². The molecule has 6 nitrogen and oxygen atoms in total. The zero-order valence-electron chi connectivity index (χ0n) is 10.7. The van der Waals surface area contributed by atoms with Crippen molar-refractivity contribution in [3.8, 4) is 17.1 Å². The predicted octanol–water partition coefficient (Wildman–Crippen LogP) is 3.02. The van der Waals surface area contributed by atoms with Gasteiger partial charge < -0.3 is 11.5 Å². The number of tetrazole rings is 1. The summed E-state index contributed by atoms with van der Waals surface area (Å²) < 4.78 is 3.44. The van der Waals surface area contributed by atoms with E-state index in [2.05, 4.69) is 47.4 Å². The van der Waals surface area contributed by atoms with E-state index >= 15 is 0 Å². The molecule has 2 aromatic carbocycles. The summed E-state index contributed by atoms with van der Waals surface area (Å²) in [5.74, 6) is 0.551. The highest BCUT2D eigenvalue weighted by atomic mass is 79.9. The Balaban J connectivity index is 2.17. The minimum absolute atomic E-state index is 0.527. The molecule has 21 heavy (non-hydrogen) atoms. The van der Waals surface area contributed by atoms with Gasteiger partial charge in [0.1, 0.15) is 0 Å². The van der Waals surface area contributed by atoms with E-state index in [4.69, 9.17) is 11.5 Å². The van der Waals surface area contributed by atoms with E-state index in [9.17, 15) is 0 Å². The molecular formula is C13H10Br2N6. The van der Waals surface area contributed by atoms with Crippen molar-refractivity contribution >= 4 is 43.2 Å². The summed E-state index contributed by atoms with van der Waals surface area (Å²) in [6, 6.07) is 11.0. The number of rotatable bonds is 2. The Morgan fingerprint density at radius 3 is 2.52 bits per heavy atom.